The van der Waals surface area contributed by atoms with E-state index in [1.54, 1.807) is 24.3 Å². The lowest BCUT2D eigenvalue weighted by atomic mass is 10.0. The molecular formula is C13H8N2O2. The summed E-state index contributed by atoms with van der Waals surface area (Å²) in [4.78, 5) is 14.8. The first-order valence-electron chi connectivity index (χ1n) is 4.98. The predicted octanol–water partition coefficient (Wildman–Crippen LogP) is 2.48. The van der Waals surface area contributed by atoms with Crippen molar-refractivity contribution in [2.45, 2.75) is 0 Å². The number of rotatable bonds is 2. The van der Waals surface area contributed by atoms with Gasteiger partial charge >= 0.3 is 5.69 Å². The van der Waals surface area contributed by atoms with E-state index in [0.717, 1.165) is 0 Å². The Kier molecular flexibility index (Phi) is 2.84. The van der Waals surface area contributed by atoms with Crippen LogP contribution in [0.5, 0.6) is 5.75 Å². The predicted molar refractivity (Wildman–Crippen MR) is 60.5 cm³/mol. The summed E-state index contributed by atoms with van der Waals surface area (Å²) in [7, 11) is 0. The minimum absolute atomic E-state index is 0.133. The van der Waals surface area contributed by atoms with Crippen LogP contribution < -0.4 is 5.11 Å². The number of diazo groups is 1. The van der Waals surface area contributed by atoms with Crippen LogP contribution in [-0.2, 0) is 0 Å². The molecule has 2 rings (SSSR count). The van der Waals surface area contributed by atoms with Crippen molar-refractivity contribution in [1.82, 2.24) is 0 Å². The normalized spacial score (nSPS) is 9.59. The Labute approximate surface area is 97.8 Å². The number of ketones is 1. The van der Waals surface area contributed by atoms with Crippen molar-refractivity contribution in [3.8, 4) is 5.75 Å². The summed E-state index contributed by atoms with van der Waals surface area (Å²) in [5.41, 5.74) is 0.713. The van der Waals surface area contributed by atoms with Crippen LogP contribution in [0.4, 0.5) is 5.69 Å². The monoisotopic (exact) mass is 224 g/mol. The van der Waals surface area contributed by atoms with Crippen molar-refractivity contribution in [3.05, 3.63) is 64.6 Å². The third-order valence-electron chi connectivity index (χ3n) is 2.36. The first-order chi connectivity index (χ1) is 8.22. The van der Waals surface area contributed by atoms with Crippen LogP contribution in [0.3, 0.4) is 0 Å². The molecule has 17 heavy (non-hydrogen) atoms. The van der Waals surface area contributed by atoms with Gasteiger partial charge in [-0.1, -0.05) is 42.5 Å². The quantitative estimate of drug-likeness (QED) is 0.581. The molecule has 82 valence electrons. The molecule has 0 spiro atoms. The molecule has 0 saturated heterocycles. The molecule has 2 aromatic carbocycles. The molecule has 2 aromatic rings. The highest BCUT2D eigenvalue weighted by atomic mass is 16.3. The van der Waals surface area contributed by atoms with Gasteiger partial charge in [-0.25, -0.2) is 0 Å². The van der Waals surface area contributed by atoms with Crippen LogP contribution in [0.15, 0.2) is 48.5 Å². The Balaban J connectivity index is 2.43. The average molecular weight is 224 g/mol. The lowest BCUT2D eigenvalue weighted by Gasteiger charge is -2.03. The van der Waals surface area contributed by atoms with Gasteiger partial charge in [-0.15, -0.1) is 0 Å². The van der Waals surface area contributed by atoms with Crippen molar-refractivity contribution in [2.75, 3.05) is 0 Å². The van der Waals surface area contributed by atoms with Gasteiger partial charge in [0.05, 0.1) is 0 Å². The maximum absolute atomic E-state index is 12.0. The first-order valence-corrected chi connectivity index (χ1v) is 4.98. The summed E-state index contributed by atoms with van der Waals surface area (Å²) in [6.07, 6.45) is 0. The molecule has 0 N–H and O–H groups in total. The summed E-state index contributed by atoms with van der Waals surface area (Å²) in [5, 5.41) is 19.8. The van der Waals surface area contributed by atoms with Crippen molar-refractivity contribution in [3.63, 3.8) is 0 Å². The van der Waals surface area contributed by atoms with Gasteiger partial charge < -0.3 is 5.11 Å². The van der Waals surface area contributed by atoms with E-state index >= 15 is 0 Å². The van der Waals surface area contributed by atoms with Crippen LogP contribution >= 0.6 is 0 Å². The maximum atomic E-state index is 12.0. The lowest BCUT2D eigenvalue weighted by molar-refractivity contribution is -0.266. The van der Waals surface area contributed by atoms with Crippen LogP contribution in [0.2, 0.25) is 0 Å². The Hall–Kier alpha value is -2.67. The average Bonchev–Trinajstić information content (AvgIpc) is 2.39. The molecule has 0 radical (unpaired) electrons. The van der Waals surface area contributed by atoms with Gasteiger partial charge in [-0.2, -0.15) is 0 Å². The first kappa shape index (κ1) is 10.8. The van der Waals surface area contributed by atoms with E-state index in [9.17, 15) is 9.90 Å². The molecule has 0 aliphatic rings. The number of carbonyl (C=O) groups excluding carboxylic acids is 1. The molecule has 0 saturated carbocycles. The smallest absolute Gasteiger partial charge is 0.378 e. The second-order valence-electron chi connectivity index (χ2n) is 3.48. The highest BCUT2D eigenvalue weighted by Crippen LogP contribution is 2.25. The van der Waals surface area contributed by atoms with Crippen LogP contribution in [-0.4, -0.2) is 5.78 Å². The molecule has 0 fully saturated rings. The second kappa shape index (κ2) is 4.45. The summed E-state index contributed by atoms with van der Waals surface area (Å²) < 4.78 is 0. The largest absolute Gasteiger partial charge is 0.867 e. The highest BCUT2D eigenvalue weighted by molar-refractivity contribution is 6.09. The molecular weight excluding hydrogens is 216 g/mol. The van der Waals surface area contributed by atoms with E-state index in [4.69, 9.17) is 5.39 Å². The van der Waals surface area contributed by atoms with Crippen LogP contribution in [0, 0.1) is 5.39 Å². The zero-order chi connectivity index (χ0) is 12.3. The van der Waals surface area contributed by atoms with Crippen molar-refractivity contribution in [2.24, 2.45) is 0 Å². The number of hydrogen-bond acceptors (Lipinski definition) is 3. The van der Waals surface area contributed by atoms with Crippen molar-refractivity contribution >= 4 is 11.5 Å². The summed E-state index contributed by atoms with van der Waals surface area (Å²) >= 11 is 0. The van der Waals surface area contributed by atoms with E-state index in [-0.39, 0.29) is 11.5 Å². The Bertz CT molecular complexity index is 601. The number of carbonyl (C=O) groups is 1. The fraction of sp³-hybridized carbons (Fsp3) is 0. The molecule has 0 heterocycles. The van der Waals surface area contributed by atoms with Crippen molar-refractivity contribution in [1.29, 1.82) is 5.39 Å². The zero-order valence-electron chi connectivity index (χ0n) is 8.83. The van der Waals surface area contributed by atoms with Gasteiger partial charge in [-0.3, -0.25) is 4.79 Å². The maximum Gasteiger partial charge on any atom is 0.378 e. The van der Waals surface area contributed by atoms with Gasteiger partial charge in [0, 0.05) is 17.2 Å². The summed E-state index contributed by atoms with van der Waals surface area (Å²) in [5.74, 6) is -0.632. The fourth-order valence-electron chi connectivity index (χ4n) is 1.49. The number of nitrogens with zero attached hydrogens (tertiary/aromatic N) is 2. The lowest BCUT2D eigenvalue weighted by Crippen LogP contribution is -2.01. The van der Waals surface area contributed by atoms with Crippen molar-refractivity contribution < 1.29 is 9.90 Å². The van der Waals surface area contributed by atoms with Crippen LogP contribution in [0.1, 0.15) is 15.9 Å². The van der Waals surface area contributed by atoms with Gasteiger partial charge in [0.2, 0.25) is 5.39 Å². The molecule has 0 aliphatic heterocycles. The SMILES string of the molecule is N#[N+]c1cc(C(=O)c2ccccc2)ccc1[O-]. The number of benzene rings is 2. The molecule has 0 amide bonds. The fourth-order valence-corrected chi connectivity index (χ4v) is 1.49. The molecule has 0 bridgehead atoms. The van der Waals surface area contributed by atoms with E-state index in [1.165, 1.54) is 18.2 Å². The van der Waals surface area contributed by atoms with E-state index in [2.05, 4.69) is 4.98 Å². The van der Waals surface area contributed by atoms with E-state index in [0.29, 0.717) is 11.1 Å². The van der Waals surface area contributed by atoms with E-state index < -0.39 is 5.75 Å². The molecule has 0 unspecified atom stereocenters. The molecule has 0 aromatic heterocycles. The molecule has 4 heteroatoms. The Morgan fingerprint density at radius 2 is 1.76 bits per heavy atom. The standard InChI is InChI=1S/C13H8N2O2/c14-15-11-8-10(6-7-12(11)16)13(17)9-4-2-1-3-5-9/h1-8H. The van der Waals surface area contributed by atoms with Gasteiger partial charge in [0.1, 0.15) is 0 Å². The van der Waals surface area contributed by atoms with Gasteiger partial charge in [-0.05, 0) is 5.75 Å². The minimum atomic E-state index is -0.419. The van der Waals surface area contributed by atoms with Gasteiger partial charge in [0.15, 0.2) is 10.8 Å². The Morgan fingerprint density at radius 1 is 1.06 bits per heavy atom. The third-order valence-corrected chi connectivity index (χ3v) is 2.36. The van der Waals surface area contributed by atoms with Crippen LogP contribution in [0.25, 0.3) is 4.98 Å². The summed E-state index contributed by atoms with van der Waals surface area (Å²) in [6.45, 7) is 0. The molecule has 0 atom stereocenters. The third kappa shape index (κ3) is 2.13. The topological polar surface area (TPSA) is 68.3 Å². The van der Waals surface area contributed by atoms with E-state index in [1.807, 2.05) is 6.07 Å². The second-order valence-corrected chi connectivity index (χ2v) is 3.48. The zero-order valence-corrected chi connectivity index (χ0v) is 8.83. The molecule has 0 aliphatic carbocycles. The highest BCUT2D eigenvalue weighted by Gasteiger charge is 2.13. The Morgan fingerprint density at radius 3 is 2.41 bits per heavy atom. The summed E-state index contributed by atoms with van der Waals surface area (Å²) in [6, 6.07) is 12.6. The minimum Gasteiger partial charge on any atom is -0.867 e. The number of hydrogen-bond donors (Lipinski definition) is 0. The molecule has 4 nitrogen and oxygen atoms in total. The van der Waals surface area contributed by atoms with Gasteiger partial charge in [0.25, 0.3) is 0 Å².